The van der Waals surface area contributed by atoms with Crippen LogP contribution in [-0.2, 0) is 9.59 Å². The van der Waals surface area contributed by atoms with E-state index in [2.05, 4.69) is 0 Å². The molecule has 0 spiro atoms. The quantitative estimate of drug-likeness (QED) is 0.513. The van der Waals surface area contributed by atoms with Gasteiger partial charge in [0.1, 0.15) is 0 Å². The van der Waals surface area contributed by atoms with Crippen molar-refractivity contribution in [2.24, 2.45) is 10.8 Å². The number of carboxylic acids is 2. The fourth-order valence-electron chi connectivity index (χ4n) is 1.76. The minimum Gasteiger partial charge on any atom is -1.00 e. The molecule has 16 heavy (non-hydrogen) atoms. The van der Waals surface area contributed by atoms with Gasteiger partial charge in [-0.25, -0.2) is 0 Å². The summed E-state index contributed by atoms with van der Waals surface area (Å²) in [6.07, 6.45) is 1.58. The van der Waals surface area contributed by atoms with Gasteiger partial charge in [-0.2, -0.15) is 0 Å². The van der Waals surface area contributed by atoms with Crippen LogP contribution < -0.4 is 51.4 Å². The Hall–Kier alpha value is 0.576. The maximum Gasteiger partial charge on any atom is 1.00 e. The molecule has 0 unspecified atom stereocenters. The maximum absolute atomic E-state index is 11.2. The van der Waals surface area contributed by atoms with Crippen LogP contribution in [0.4, 0.5) is 0 Å². The molecule has 0 aliphatic carbocycles. The molecule has 0 aliphatic heterocycles. The summed E-state index contributed by atoms with van der Waals surface area (Å²) in [4.78, 5) is 22.5. The third kappa shape index (κ3) is 3.80. The Kier molecular flexibility index (Phi) is 8.41. The van der Waals surface area contributed by atoms with Gasteiger partial charge >= 0.3 is 63.3 Å². The summed E-state index contributed by atoms with van der Waals surface area (Å²) in [6.45, 7) is 6.89. The summed E-state index contributed by atoms with van der Waals surface area (Å²) in [5.74, 6) is -2.48. The van der Waals surface area contributed by atoms with Crippen molar-refractivity contribution in [2.75, 3.05) is 0 Å². The number of hydrogen-bond donors (Lipinski definition) is 2. The first-order valence-electron chi connectivity index (χ1n) is 5.17. The normalized spacial score (nSPS) is 11.8. The van der Waals surface area contributed by atoms with Crippen LogP contribution in [0.25, 0.3) is 0 Å². The van der Waals surface area contributed by atoms with E-state index in [9.17, 15) is 19.8 Å². The molecule has 5 heteroatoms. The second-order valence-corrected chi connectivity index (χ2v) is 4.87. The Morgan fingerprint density at radius 3 is 1.69 bits per heavy atom. The average Bonchev–Trinajstić information content (AvgIpc) is 2.01. The van der Waals surface area contributed by atoms with Gasteiger partial charge in [0.25, 0.3) is 0 Å². The van der Waals surface area contributed by atoms with Crippen LogP contribution in [0.1, 0.15) is 48.4 Å². The molecule has 0 saturated carbocycles. The minimum atomic E-state index is -1.68. The van der Waals surface area contributed by atoms with Crippen molar-refractivity contribution in [3.8, 4) is 0 Å². The molecule has 0 aromatic heterocycles. The van der Waals surface area contributed by atoms with Crippen LogP contribution in [-0.4, -0.2) is 22.2 Å². The van der Waals surface area contributed by atoms with Crippen LogP contribution >= 0.6 is 0 Å². The Morgan fingerprint density at radius 1 is 1.12 bits per heavy atom. The topological polar surface area (TPSA) is 74.6 Å². The molecule has 0 saturated heterocycles. The molecular formula is C11H21KO4. The van der Waals surface area contributed by atoms with Crippen molar-refractivity contribution in [3.05, 3.63) is 0 Å². The third-order valence-corrected chi connectivity index (χ3v) is 2.92. The average molecular weight is 256 g/mol. The molecule has 0 radical (unpaired) electrons. The number of carbonyl (C=O) groups is 2. The summed E-state index contributed by atoms with van der Waals surface area (Å²) in [6, 6.07) is 0. The SMILES string of the molecule is CCCCC(C(=O)O)(C(=O)O)C(C)(C)C.[H-].[K+]. The summed E-state index contributed by atoms with van der Waals surface area (Å²) < 4.78 is 0. The molecule has 0 fully saturated rings. The molecule has 0 bridgehead atoms. The van der Waals surface area contributed by atoms with Gasteiger partial charge in [0.15, 0.2) is 5.41 Å². The number of unbranched alkanes of at least 4 members (excludes halogenated alkanes) is 1. The van der Waals surface area contributed by atoms with E-state index in [4.69, 9.17) is 0 Å². The van der Waals surface area contributed by atoms with E-state index in [0.717, 1.165) is 6.42 Å². The first kappa shape index (κ1) is 18.9. The van der Waals surface area contributed by atoms with Crippen LogP contribution in [0.3, 0.4) is 0 Å². The van der Waals surface area contributed by atoms with Crippen molar-refractivity contribution >= 4 is 11.9 Å². The van der Waals surface area contributed by atoms with Crippen LogP contribution in [0, 0.1) is 10.8 Å². The van der Waals surface area contributed by atoms with Crippen molar-refractivity contribution in [1.29, 1.82) is 0 Å². The molecule has 0 atom stereocenters. The second kappa shape index (κ2) is 7.11. The molecule has 90 valence electrons. The number of hydrogen-bond acceptors (Lipinski definition) is 2. The maximum atomic E-state index is 11.2. The smallest absolute Gasteiger partial charge is 1.00 e. The predicted molar refractivity (Wildman–Crippen MR) is 57.8 cm³/mol. The van der Waals surface area contributed by atoms with Crippen LogP contribution in [0.2, 0.25) is 0 Å². The van der Waals surface area contributed by atoms with Gasteiger partial charge in [-0.05, 0) is 11.8 Å². The molecule has 2 N–H and O–H groups in total. The number of carboxylic acid groups (broad SMARTS) is 2. The summed E-state index contributed by atoms with van der Waals surface area (Å²) in [5, 5.41) is 18.4. The van der Waals surface area contributed by atoms with Gasteiger partial charge in [0.05, 0.1) is 0 Å². The molecule has 0 aromatic carbocycles. The molecule has 0 amide bonds. The Bertz CT molecular complexity index is 247. The largest absolute Gasteiger partial charge is 1.00 e. The Balaban J connectivity index is -0.000000980. The van der Waals surface area contributed by atoms with Gasteiger partial charge in [-0.3, -0.25) is 9.59 Å². The van der Waals surface area contributed by atoms with Crippen LogP contribution in [0.5, 0.6) is 0 Å². The zero-order valence-corrected chi connectivity index (χ0v) is 14.0. The second-order valence-electron chi connectivity index (χ2n) is 4.87. The summed E-state index contributed by atoms with van der Waals surface area (Å²) in [5.41, 5.74) is -2.47. The Morgan fingerprint density at radius 2 is 1.50 bits per heavy atom. The zero-order valence-electron chi connectivity index (χ0n) is 11.8. The van der Waals surface area contributed by atoms with Crippen molar-refractivity contribution < 1.29 is 72.6 Å². The predicted octanol–water partition coefficient (Wildman–Crippen LogP) is -0.505. The van der Waals surface area contributed by atoms with Crippen molar-refractivity contribution in [2.45, 2.75) is 47.0 Å². The van der Waals surface area contributed by atoms with E-state index in [1.54, 1.807) is 20.8 Å². The minimum absolute atomic E-state index is 0. The standard InChI is InChI=1S/C11H20O4.K.H/c1-5-6-7-11(8(12)13,9(14)15)10(2,3)4;;/h5-7H2,1-4H3,(H,12,13)(H,14,15);;/q;+1;-1. The van der Waals surface area contributed by atoms with Gasteiger partial charge in [-0.15, -0.1) is 0 Å². The molecule has 0 aromatic rings. The van der Waals surface area contributed by atoms with E-state index < -0.39 is 22.8 Å². The van der Waals surface area contributed by atoms with Crippen molar-refractivity contribution in [3.63, 3.8) is 0 Å². The molecule has 0 aliphatic rings. The van der Waals surface area contributed by atoms with E-state index in [1.807, 2.05) is 6.92 Å². The summed E-state index contributed by atoms with van der Waals surface area (Å²) in [7, 11) is 0. The van der Waals surface area contributed by atoms with Gasteiger partial charge in [-0.1, -0.05) is 40.5 Å². The van der Waals surface area contributed by atoms with Crippen LogP contribution in [0.15, 0.2) is 0 Å². The molecule has 0 heterocycles. The number of aliphatic carboxylic acids is 2. The third-order valence-electron chi connectivity index (χ3n) is 2.92. The first-order valence-corrected chi connectivity index (χ1v) is 5.17. The monoisotopic (exact) mass is 256 g/mol. The van der Waals surface area contributed by atoms with Gasteiger partial charge < -0.3 is 11.6 Å². The summed E-state index contributed by atoms with van der Waals surface area (Å²) >= 11 is 0. The van der Waals surface area contributed by atoms with Gasteiger partial charge in [0.2, 0.25) is 0 Å². The fraction of sp³-hybridized carbons (Fsp3) is 0.818. The van der Waals surface area contributed by atoms with E-state index in [-0.39, 0.29) is 59.2 Å². The zero-order chi connectivity index (χ0) is 12.3. The number of rotatable bonds is 5. The molecular weight excluding hydrogens is 235 g/mol. The molecule has 0 rings (SSSR count). The van der Waals surface area contributed by atoms with E-state index >= 15 is 0 Å². The van der Waals surface area contributed by atoms with E-state index in [1.165, 1.54) is 0 Å². The Labute approximate surface area is 141 Å². The first-order chi connectivity index (χ1) is 6.70. The van der Waals surface area contributed by atoms with E-state index in [0.29, 0.717) is 6.42 Å². The fourth-order valence-corrected chi connectivity index (χ4v) is 1.76. The van der Waals surface area contributed by atoms with Gasteiger partial charge in [0, 0.05) is 0 Å². The van der Waals surface area contributed by atoms with Crippen molar-refractivity contribution in [1.82, 2.24) is 0 Å². The molecule has 4 nitrogen and oxygen atoms in total.